The number of likely N-dealkylation sites (tertiary alicyclic amines) is 1. The molecule has 7 heteroatoms. The van der Waals surface area contributed by atoms with Gasteiger partial charge in [0.2, 0.25) is 5.91 Å². The molecule has 2 aliphatic heterocycles. The molecular formula is C27H32N4O3. The van der Waals surface area contributed by atoms with E-state index >= 15 is 0 Å². The Balaban J connectivity index is 1.33. The van der Waals surface area contributed by atoms with Gasteiger partial charge in [-0.1, -0.05) is 12.1 Å². The smallest absolute Gasteiger partial charge is 0.226 e. The molecule has 1 amide bonds. The molecular weight excluding hydrogens is 428 g/mol. The van der Waals surface area contributed by atoms with Gasteiger partial charge in [-0.15, -0.1) is 0 Å². The summed E-state index contributed by atoms with van der Waals surface area (Å²) in [6.45, 7) is 3.34. The van der Waals surface area contributed by atoms with E-state index in [9.17, 15) is 4.79 Å². The fourth-order valence-corrected chi connectivity index (χ4v) is 5.40. The third kappa shape index (κ3) is 3.94. The summed E-state index contributed by atoms with van der Waals surface area (Å²) in [5.41, 5.74) is 3.13. The number of benzene rings is 2. The van der Waals surface area contributed by atoms with Crippen molar-refractivity contribution in [1.82, 2.24) is 19.4 Å². The first-order valence-electron chi connectivity index (χ1n) is 11.9. The van der Waals surface area contributed by atoms with Gasteiger partial charge in [-0.25, -0.2) is 4.98 Å². The molecule has 1 aromatic heterocycles. The van der Waals surface area contributed by atoms with Gasteiger partial charge in [0.05, 0.1) is 38.1 Å². The lowest BCUT2D eigenvalue weighted by molar-refractivity contribution is -0.133. The van der Waals surface area contributed by atoms with Gasteiger partial charge in [0, 0.05) is 31.7 Å². The van der Waals surface area contributed by atoms with Crippen molar-refractivity contribution in [3.63, 3.8) is 0 Å². The molecule has 3 aromatic rings. The minimum atomic E-state index is -0.143. The highest BCUT2D eigenvalue weighted by Gasteiger charge is 2.46. The van der Waals surface area contributed by atoms with Crippen molar-refractivity contribution in [3.05, 3.63) is 66.1 Å². The lowest BCUT2D eigenvalue weighted by Gasteiger charge is -2.49. The van der Waals surface area contributed by atoms with E-state index in [0.29, 0.717) is 6.42 Å². The lowest BCUT2D eigenvalue weighted by Crippen LogP contribution is -2.57. The standard InChI is InChI=1S/C27H32N4O3/c1-29-15-16-31-24(21-7-9-22(33-2)10-8-21)19-28-26(31)27(29)11-13-30(14-12-27)25(32)18-20-5-4-6-23(17-20)34-3/h4-10,17,19H,11-16,18H2,1-3H3. The van der Waals surface area contributed by atoms with Crippen LogP contribution in [0.5, 0.6) is 11.5 Å². The average molecular weight is 461 g/mol. The third-order valence-electron chi connectivity index (χ3n) is 7.48. The fraction of sp³-hybridized carbons (Fsp3) is 0.407. The predicted octanol–water partition coefficient (Wildman–Crippen LogP) is 3.57. The van der Waals surface area contributed by atoms with E-state index < -0.39 is 0 Å². The van der Waals surface area contributed by atoms with Gasteiger partial charge in [0.15, 0.2) is 0 Å². The average Bonchev–Trinajstić information content (AvgIpc) is 3.32. The van der Waals surface area contributed by atoms with Crippen molar-refractivity contribution in [2.75, 3.05) is 40.9 Å². The number of nitrogens with zero attached hydrogens (tertiary/aromatic N) is 4. The maximum atomic E-state index is 13.0. The highest BCUT2D eigenvalue weighted by Crippen LogP contribution is 2.41. The number of imidazole rings is 1. The number of carbonyl (C=O) groups is 1. The molecule has 0 unspecified atom stereocenters. The first kappa shape index (κ1) is 22.5. The van der Waals surface area contributed by atoms with Gasteiger partial charge < -0.3 is 18.9 Å². The number of hydrogen-bond donors (Lipinski definition) is 0. The van der Waals surface area contributed by atoms with Crippen LogP contribution in [-0.4, -0.2) is 66.2 Å². The van der Waals surface area contributed by atoms with E-state index in [1.807, 2.05) is 47.5 Å². The summed E-state index contributed by atoms with van der Waals surface area (Å²) in [6.07, 6.45) is 4.16. The van der Waals surface area contributed by atoms with E-state index in [-0.39, 0.29) is 11.4 Å². The molecule has 0 N–H and O–H groups in total. The van der Waals surface area contributed by atoms with Crippen LogP contribution in [0.2, 0.25) is 0 Å². The van der Waals surface area contributed by atoms with Crippen molar-refractivity contribution >= 4 is 5.91 Å². The molecule has 2 aliphatic rings. The van der Waals surface area contributed by atoms with Gasteiger partial charge in [0.25, 0.3) is 0 Å². The normalized spacial score (nSPS) is 17.4. The van der Waals surface area contributed by atoms with Crippen LogP contribution in [0.4, 0.5) is 0 Å². The molecule has 5 rings (SSSR count). The molecule has 0 atom stereocenters. The summed E-state index contributed by atoms with van der Waals surface area (Å²) in [4.78, 5) is 22.4. The number of ether oxygens (including phenoxy) is 2. The maximum Gasteiger partial charge on any atom is 0.226 e. The van der Waals surface area contributed by atoms with Crippen molar-refractivity contribution in [2.45, 2.75) is 31.3 Å². The Morgan fingerprint density at radius 3 is 2.41 bits per heavy atom. The van der Waals surface area contributed by atoms with Crippen molar-refractivity contribution in [1.29, 1.82) is 0 Å². The molecule has 1 fully saturated rings. The van der Waals surface area contributed by atoms with Gasteiger partial charge in [0.1, 0.15) is 17.3 Å². The third-order valence-corrected chi connectivity index (χ3v) is 7.48. The lowest BCUT2D eigenvalue weighted by atomic mass is 9.83. The molecule has 1 saturated heterocycles. The first-order valence-corrected chi connectivity index (χ1v) is 11.9. The fourth-order valence-electron chi connectivity index (χ4n) is 5.40. The largest absolute Gasteiger partial charge is 0.497 e. The van der Waals surface area contributed by atoms with E-state index in [2.05, 4.69) is 28.6 Å². The summed E-state index contributed by atoms with van der Waals surface area (Å²) in [6, 6.07) is 15.9. The van der Waals surface area contributed by atoms with E-state index in [1.165, 1.54) is 0 Å². The number of likely N-dealkylation sites (N-methyl/N-ethyl adjacent to an activating group) is 1. The maximum absolute atomic E-state index is 13.0. The van der Waals surface area contributed by atoms with Gasteiger partial charge in [-0.3, -0.25) is 9.69 Å². The van der Waals surface area contributed by atoms with Gasteiger partial charge in [-0.05, 0) is 61.9 Å². The Morgan fingerprint density at radius 2 is 1.71 bits per heavy atom. The Kier molecular flexibility index (Phi) is 6.04. The van der Waals surface area contributed by atoms with Crippen molar-refractivity contribution in [2.24, 2.45) is 0 Å². The number of hydrogen-bond acceptors (Lipinski definition) is 5. The molecule has 7 nitrogen and oxygen atoms in total. The summed E-state index contributed by atoms with van der Waals surface area (Å²) >= 11 is 0. The predicted molar refractivity (Wildman–Crippen MR) is 131 cm³/mol. The number of fused-ring (bicyclic) bond motifs is 2. The molecule has 3 heterocycles. The van der Waals surface area contributed by atoms with Crippen LogP contribution in [0.25, 0.3) is 11.3 Å². The van der Waals surface area contributed by atoms with Gasteiger partial charge in [-0.2, -0.15) is 0 Å². The van der Waals surface area contributed by atoms with E-state index in [0.717, 1.165) is 73.2 Å². The molecule has 178 valence electrons. The molecule has 34 heavy (non-hydrogen) atoms. The minimum absolute atomic E-state index is 0.143. The molecule has 0 radical (unpaired) electrons. The molecule has 0 bridgehead atoms. The molecule has 2 aromatic carbocycles. The van der Waals surface area contributed by atoms with E-state index in [4.69, 9.17) is 14.5 Å². The number of aromatic nitrogens is 2. The van der Waals surface area contributed by atoms with Crippen LogP contribution in [0.15, 0.2) is 54.7 Å². The Hall–Kier alpha value is -3.32. The molecule has 1 spiro atoms. The van der Waals surface area contributed by atoms with Crippen LogP contribution >= 0.6 is 0 Å². The first-order chi connectivity index (χ1) is 16.5. The highest BCUT2D eigenvalue weighted by molar-refractivity contribution is 5.79. The second kappa shape index (κ2) is 9.14. The summed E-state index contributed by atoms with van der Waals surface area (Å²) < 4.78 is 13.0. The van der Waals surface area contributed by atoms with Crippen LogP contribution in [0, 0.1) is 0 Å². The molecule has 0 saturated carbocycles. The summed E-state index contributed by atoms with van der Waals surface area (Å²) in [5.74, 6) is 2.92. The summed E-state index contributed by atoms with van der Waals surface area (Å²) in [5, 5.41) is 0. The van der Waals surface area contributed by atoms with Crippen LogP contribution in [-0.2, 0) is 23.3 Å². The second-order valence-electron chi connectivity index (χ2n) is 9.21. The quantitative estimate of drug-likeness (QED) is 0.583. The van der Waals surface area contributed by atoms with E-state index in [1.54, 1.807) is 14.2 Å². The number of rotatable bonds is 5. The number of methoxy groups -OCH3 is 2. The Labute approximate surface area is 200 Å². The monoisotopic (exact) mass is 460 g/mol. The second-order valence-corrected chi connectivity index (χ2v) is 9.21. The van der Waals surface area contributed by atoms with Crippen LogP contribution in [0.3, 0.4) is 0 Å². The summed E-state index contributed by atoms with van der Waals surface area (Å²) in [7, 11) is 5.53. The van der Waals surface area contributed by atoms with Crippen molar-refractivity contribution in [3.8, 4) is 22.8 Å². The van der Waals surface area contributed by atoms with Crippen LogP contribution < -0.4 is 9.47 Å². The zero-order valence-electron chi connectivity index (χ0n) is 20.2. The zero-order valence-corrected chi connectivity index (χ0v) is 20.2. The number of piperidine rings is 1. The van der Waals surface area contributed by atoms with Crippen molar-refractivity contribution < 1.29 is 14.3 Å². The zero-order chi connectivity index (χ0) is 23.7. The van der Waals surface area contributed by atoms with Crippen LogP contribution in [0.1, 0.15) is 24.2 Å². The topological polar surface area (TPSA) is 59.8 Å². The Morgan fingerprint density at radius 1 is 0.971 bits per heavy atom. The highest BCUT2D eigenvalue weighted by atomic mass is 16.5. The SMILES string of the molecule is COc1ccc(-c2cnc3n2CCN(C)C32CCN(C(=O)Cc3cccc(OC)c3)CC2)cc1. The Bertz CT molecular complexity index is 1160. The van der Waals surface area contributed by atoms with Gasteiger partial charge >= 0.3 is 0 Å². The molecule has 0 aliphatic carbocycles. The number of carbonyl (C=O) groups excluding carboxylic acids is 1. The minimum Gasteiger partial charge on any atom is -0.497 e. The number of amides is 1.